The SMILES string of the molecule is N#Cc1ccc(COc2ccc(CC(OC(N)=O)C(=O)NS(=O)(=O)c3ccc(NC4CCCC4)c([N+](=O)[O-])c3)cc2)cc1. The predicted octanol–water partition coefficient (Wildman–Crippen LogP) is 3.91. The van der Waals surface area contributed by atoms with E-state index in [0.717, 1.165) is 43.4 Å². The lowest BCUT2D eigenvalue weighted by atomic mass is 10.1. The summed E-state index contributed by atoms with van der Waals surface area (Å²) in [6.45, 7) is 0.245. The fourth-order valence-corrected chi connectivity index (χ4v) is 5.63. The van der Waals surface area contributed by atoms with Gasteiger partial charge in [-0.3, -0.25) is 14.9 Å². The molecule has 3 aromatic rings. The number of amides is 2. The molecule has 1 unspecified atom stereocenters. The summed E-state index contributed by atoms with van der Waals surface area (Å²) < 4.78 is 38.5. The molecule has 224 valence electrons. The Morgan fingerprint density at radius 1 is 1.05 bits per heavy atom. The number of ether oxygens (including phenoxy) is 2. The average Bonchev–Trinajstić information content (AvgIpc) is 3.49. The van der Waals surface area contributed by atoms with E-state index in [1.54, 1.807) is 48.5 Å². The van der Waals surface area contributed by atoms with Crippen LogP contribution in [0, 0.1) is 21.4 Å². The van der Waals surface area contributed by atoms with E-state index in [1.807, 2.05) is 10.8 Å². The molecular formula is C29H29N5O8S. The summed E-state index contributed by atoms with van der Waals surface area (Å²) in [7, 11) is -4.58. The standard InChI is InChI=1S/C29H29N5O8S/c30-17-20-5-7-21(8-6-20)18-41-23-11-9-19(10-12-23)15-27(42-29(31)36)28(35)33-43(39,40)24-13-14-25(26(16-24)34(37)38)32-22-3-1-2-4-22/h5-14,16,22,27,32H,1-4,15,18H2,(H2,31,36)(H,33,35). The highest BCUT2D eigenvalue weighted by Gasteiger charge is 2.30. The van der Waals surface area contributed by atoms with Gasteiger partial charge in [0.1, 0.15) is 18.0 Å². The van der Waals surface area contributed by atoms with Gasteiger partial charge in [0, 0.05) is 18.5 Å². The van der Waals surface area contributed by atoms with E-state index in [4.69, 9.17) is 20.5 Å². The fourth-order valence-electron chi connectivity index (χ4n) is 4.60. The second kappa shape index (κ2) is 13.7. The van der Waals surface area contributed by atoms with Crippen molar-refractivity contribution in [2.24, 2.45) is 5.73 Å². The van der Waals surface area contributed by atoms with E-state index in [1.165, 1.54) is 6.07 Å². The minimum absolute atomic E-state index is 0.0516. The van der Waals surface area contributed by atoms with Crippen LogP contribution in [0.3, 0.4) is 0 Å². The maximum atomic E-state index is 13.0. The zero-order valence-electron chi connectivity index (χ0n) is 22.9. The Bertz CT molecular complexity index is 1630. The van der Waals surface area contributed by atoms with E-state index in [2.05, 4.69) is 5.32 Å². The number of hydrogen-bond acceptors (Lipinski definition) is 10. The predicted molar refractivity (Wildman–Crippen MR) is 154 cm³/mol. The molecule has 0 heterocycles. The summed E-state index contributed by atoms with van der Waals surface area (Å²) in [6.07, 6.45) is 0.567. The first kappa shape index (κ1) is 30.8. The highest BCUT2D eigenvalue weighted by atomic mass is 32.2. The maximum absolute atomic E-state index is 13.0. The van der Waals surface area contributed by atoms with Crippen LogP contribution in [0.1, 0.15) is 42.4 Å². The van der Waals surface area contributed by atoms with Gasteiger partial charge in [-0.15, -0.1) is 0 Å². The number of sulfonamides is 1. The summed E-state index contributed by atoms with van der Waals surface area (Å²) in [5.41, 5.74) is 6.74. The summed E-state index contributed by atoms with van der Waals surface area (Å²) >= 11 is 0. The molecule has 0 bridgehead atoms. The lowest BCUT2D eigenvalue weighted by molar-refractivity contribution is -0.384. The first-order chi connectivity index (χ1) is 20.5. The van der Waals surface area contributed by atoms with Crippen molar-refractivity contribution >= 4 is 33.4 Å². The van der Waals surface area contributed by atoms with E-state index in [0.29, 0.717) is 16.9 Å². The minimum Gasteiger partial charge on any atom is -0.489 e. The first-order valence-corrected chi connectivity index (χ1v) is 14.8. The molecule has 14 heteroatoms. The number of nitro groups is 1. The second-order valence-corrected chi connectivity index (χ2v) is 11.6. The van der Waals surface area contributed by atoms with Crippen LogP contribution in [-0.2, 0) is 32.6 Å². The Morgan fingerprint density at radius 2 is 1.70 bits per heavy atom. The maximum Gasteiger partial charge on any atom is 0.405 e. The Balaban J connectivity index is 1.43. The van der Waals surface area contributed by atoms with E-state index in [9.17, 15) is 28.1 Å². The number of anilines is 1. The molecule has 43 heavy (non-hydrogen) atoms. The quantitative estimate of drug-likeness (QED) is 0.200. The van der Waals surface area contributed by atoms with Crippen molar-refractivity contribution in [3.63, 3.8) is 0 Å². The van der Waals surface area contributed by atoms with E-state index < -0.39 is 43.6 Å². The Hall–Kier alpha value is -5.16. The van der Waals surface area contributed by atoms with Gasteiger partial charge in [-0.25, -0.2) is 17.9 Å². The lowest BCUT2D eigenvalue weighted by Gasteiger charge is -2.17. The van der Waals surface area contributed by atoms with Crippen molar-refractivity contribution in [3.05, 3.63) is 93.5 Å². The van der Waals surface area contributed by atoms with Gasteiger partial charge >= 0.3 is 6.09 Å². The van der Waals surface area contributed by atoms with Crippen LogP contribution in [0.2, 0.25) is 0 Å². The van der Waals surface area contributed by atoms with E-state index >= 15 is 0 Å². The number of rotatable bonds is 12. The normalized spacial score (nSPS) is 13.8. The van der Waals surface area contributed by atoms with Gasteiger partial charge in [0.05, 0.1) is 21.5 Å². The number of primary amides is 1. The van der Waals surface area contributed by atoms with Gasteiger partial charge in [-0.05, 0) is 60.4 Å². The lowest BCUT2D eigenvalue weighted by Crippen LogP contribution is -2.43. The number of nitriles is 1. The molecule has 1 aliphatic carbocycles. The molecule has 4 N–H and O–H groups in total. The molecule has 13 nitrogen and oxygen atoms in total. The van der Waals surface area contributed by atoms with Crippen LogP contribution in [0.25, 0.3) is 0 Å². The number of benzene rings is 3. The highest BCUT2D eigenvalue weighted by molar-refractivity contribution is 7.90. The zero-order chi connectivity index (χ0) is 31.0. The molecule has 4 rings (SSSR count). The third-order valence-corrected chi connectivity index (χ3v) is 8.15. The molecule has 1 aliphatic rings. The van der Waals surface area contributed by atoms with Crippen LogP contribution in [-0.4, -0.2) is 37.5 Å². The van der Waals surface area contributed by atoms with Crippen LogP contribution in [0.15, 0.2) is 71.6 Å². The number of nitrogens with zero attached hydrogens (tertiary/aromatic N) is 2. The average molecular weight is 608 g/mol. The third kappa shape index (κ3) is 8.43. The van der Waals surface area contributed by atoms with Crippen molar-refractivity contribution in [2.45, 2.75) is 55.8 Å². The van der Waals surface area contributed by atoms with E-state index in [-0.39, 0.29) is 24.8 Å². The molecular weight excluding hydrogens is 578 g/mol. The molecule has 2 amide bonds. The first-order valence-electron chi connectivity index (χ1n) is 13.3. The van der Waals surface area contributed by atoms with Crippen molar-refractivity contribution in [1.29, 1.82) is 5.26 Å². The van der Waals surface area contributed by atoms with Crippen molar-refractivity contribution in [3.8, 4) is 11.8 Å². The van der Waals surface area contributed by atoms with Crippen molar-refractivity contribution < 1.29 is 32.4 Å². The van der Waals surface area contributed by atoms with Crippen LogP contribution in [0.4, 0.5) is 16.2 Å². The summed E-state index contributed by atoms with van der Waals surface area (Å²) in [4.78, 5) is 34.9. The Kier molecular flexibility index (Phi) is 9.79. The minimum atomic E-state index is -4.58. The second-order valence-electron chi connectivity index (χ2n) is 9.90. The molecule has 1 atom stereocenters. The van der Waals surface area contributed by atoms with Crippen LogP contribution >= 0.6 is 0 Å². The Morgan fingerprint density at radius 3 is 2.30 bits per heavy atom. The van der Waals surface area contributed by atoms with Crippen LogP contribution < -0.4 is 20.5 Å². The van der Waals surface area contributed by atoms with Crippen molar-refractivity contribution in [2.75, 3.05) is 5.32 Å². The number of carbonyl (C=O) groups is 2. The summed E-state index contributed by atoms with van der Waals surface area (Å²) in [5.74, 6) is -0.685. The smallest absolute Gasteiger partial charge is 0.405 e. The Labute approximate surface area is 247 Å². The summed E-state index contributed by atoms with van der Waals surface area (Å²) in [6, 6.07) is 18.7. The van der Waals surface area contributed by atoms with Gasteiger partial charge in [-0.1, -0.05) is 37.1 Å². The molecule has 0 radical (unpaired) electrons. The zero-order valence-corrected chi connectivity index (χ0v) is 23.7. The number of nitro benzene ring substituents is 1. The molecule has 0 spiro atoms. The van der Waals surface area contributed by atoms with Crippen molar-refractivity contribution in [1.82, 2.24) is 4.72 Å². The largest absolute Gasteiger partial charge is 0.489 e. The summed E-state index contributed by atoms with van der Waals surface area (Å²) in [5, 5.41) is 23.7. The monoisotopic (exact) mass is 607 g/mol. The number of nitrogens with two attached hydrogens (primary N) is 1. The van der Waals surface area contributed by atoms with Gasteiger partial charge in [0.2, 0.25) is 0 Å². The number of hydrogen-bond donors (Lipinski definition) is 3. The number of nitrogens with one attached hydrogen (secondary N) is 2. The molecule has 1 fully saturated rings. The molecule has 0 aromatic heterocycles. The molecule has 3 aromatic carbocycles. The fraction of sp³-hybridized carbons (Fsp3) is 0.276. The third-order valence-electron chi connectivity index (χ3n) is 6.81. The topological polar surface area (TPSA) is 204 Å². The highest BCUT2D eigenvalue weighted by Crippen LogP contribution is 2.31. The van der Waals surface area contributed by atoms with Gasteiger partial charge in [-0.2, -0.15) is 5.26 Å². The van der Waals surface area contributed by atoms with Gasteiger partial charge < -0.3 is 20.5 Å². The van der Waals surface area contributed by atoms with Gasteiger partial charge in [0.15, 0.2) is 6.10 Å². The molecule has 0 saturated heterocycles. The molecule has 1 saturated carbocycles. The van der Waals surface area contributed by atoms with Crippen LogP contribution in [0.5, 0.6) is 5.75 Å². The molecule has 0 aliphatic heterocycles. The number of carbonyl (C=O) groups excluding carboxylic acids is 2. The van der Waals surface area contributed by atoms with Gasteiger partial charge in [0.25, 0.3) is 21.6 Å².